The normalized spacial score (nSPS) is 12.9. The number of hydrogen-bond acceptors (Lipinski definition) is 9. The topological polar surface area (TPSA) is 118 Å². The van der Waals surface area contributed by atoms with Crippen molar-refractivity contribution in [2.45, 2.75) is 52.5 Å². The Hall–Kier alpha value is -2.79. The van der Waals surface area contributed by atoms with Gasteiger partial charge in [0.15, 0.2) is 0 Å². The average Bonchev–Trinajstić information content (AvgIpc) is 3.38. The second kappa shape index (κ2) is 11.1. The SMILES string of the molecule is C=CCOC(=O)c1sc2nc(CN(Cc3ccco3)C[C@@H](O)COC(C)(C)C)[nH]c(=O)c2c1C. The number of rotatable bonds is 11. The van der Waals surface area contributed by atoms with Gasteiger partial charge in [-0.1, -0.05) is 12.7 Å². The van der Waals surface area contributed by atoms with Gasteiger partial charge in [-0.3, -0.25) is 9.69 Å². The third-order valence-corrected chi connectivity index (χ3v) is 6.04. The number of esters is 1. The number of aliphatic hydroxyl groups excluding tert-OH is 1. The molecule has 0 aliphatic heterocycles. The maximum absolute atomic E-state index is 12.8. The number of thiophene rings is 1. The molecule has 34 heavy (non-hydrogen) atoms. The summed E-state index contributed by atoms with van der Waals surface area (Å²) in [5, 5.41) is 10.9. The van der Waals surface area contributed by atoms with E-state index in [1.54, 1.807) is 19.3 Å². The van der Waals surface area contributed by atoms with Crippen LogP contribution in [0.3, 0.4) is 0 Å². The quantitative estimate of drug-likeness (QED) is 0.311. The van der Waals surface area contributed by atoms with Crippen LogP contribution in [0.2, 0.25) is 0 Å². The van der Waals surface area contributed by atoms with Gasteiger partial charge in [-0.25, -0.2) is 9.78 Å². The zero-order valence-corrected chi connectivity index (χ0v) is 20.7. The minimum atomic E-state index is -0.750. The molecule has 0 unspecified atom stereocenters. The molecule has 3 aromatic rings. The lowest BCUT2D eigenvalue weighted by molar-refractivity contribution is -0.0577. The number of nitrogens with zero attached hydrogens (tertiary/aromatic N) is 2. The molecule has 3 heterocycles. The van der Waals surface area contributed by atoms with Crippen molar-refractivity contribution in [3.63, 3.8) is 0 Å². The van der Waals surface area contributed by atoms with Crippen LogP contribution in [-0.4, -0.2) is 57.4 Å². The Kier molecular flexibility index (Phi) is 8.42. The van der Waals surface area contributed by atoms with E-state index < -0.39 is 12.1 Å². The van der Waals surface area contributed by atoms with Crippen LogP contribution in [0.5, 0.6) is 0 Å². The van der Waals surface area contributed by atoms with E-state index in [0.717, 1.165) is 11.3 Å². The van der Waals surface area contributed by atoms with Gasteiger partial charge in [0.05, 0.1) is 43.1 Å². The minimum Gasteiger partial charge on any atom is -0.468 e. The maximum Gasteiger partial charge on any atom is 0.348 e. The first-order valence-corrected chi connectivity index (χ1v) is 11.8. The third-order valence-electron chi connectivity index (χ3n) is 4.88. The molecule has 0 aliphatic carbocycles. The van der Waals surface area contributed by atoms with E-state index in [1.165, 1.54) is 6.08 Å². The summed E-state index contributed by atoms with van der Waals surface area (Å²) in [4.78, 5) is 35.3. The van der Waals surface area contributed by atoms with Crippen LogP contribution in [0.4, 0.5) is 0 Å². The molecule has 3 rings (SSSR count). The molecule has 0 radical (unpaired) electrons. The van der Waals surface area contributed by atoms with Crippen molar-refractivity contribution in [1.29, 1.82) is 0 Å². The lowest BCUT2D eigenvalue weighted by atomic mass is 10.2. The van der Waals surface area contributed by atoms with Gasteiger partial charge in [0.25, 0.3) is 5.56 Å². The Morgan fingerprint density at radius 2 is 2.18 bits per heavy atom. The molecule has 0 bridgehead atoms. The fourth-order valence-electron chi connectivity index (χ4n) is 3.37. The average molecular weight is 490 g/mol. The maximum atomic E-state index is 12.8. The highest BCUT2D eigenvalue weighted by Crippen LogP contribution is 2.28. The molecule has 0 aromatic carbocycles. The second-order valence-corrected chi connectivity index (χ2v) is 9.96. The van der Waals surface area contributed by atoms with E-state index in [4.69, 9.17) is 13.9 Å². The number of carbonyl (C=O) groups excluding carboxylic acids is 1. The van der Waals surface area contributed by atoms with E-state index in [-0.39, 0.29) is 37.5 Å². The zero-order chi connectivity index (χ0) is 24.9. The predicted octanol–water partition coefficient (Wildman–Crippen LogP) is 3.41. The molecule has 10 heteroatoms. The van der Waals surface area contributed by atoms with Crippen LogP contribution in [0.25, 0.3) is 10.2 Å². The van der Waals surface area contributed by atoms with Crippen molar-refractivity contribution in [3.8, 4) is 0 Å². The molecule has 0 fully saturated rings. The Labute approximate surface area is 202 Å². The van der Waals surface area contributed by atoms with Crippen molar-refractivity contribution in [2.24, 2.45) is 0 Å². The Morgan fingerprint density at radius 1 is 1.41 bits per heavy atom. The molecule has 9 nitrogen and oxygen atoms in total. The van der Waals surface area contributed by atoms with Gasteiger partial charge in [0.1, 0.15) is 27.9 Å². The van der Waals surface area contributed by atoms with Crippen LogP contribution in [0, 0.1) is 6.92 Å². The molecular weight excluding hydrogens is 458 g/mol. The smallest absolute Gasteiger partial charge is 0.348 e. The number of H-pyrrole nitrogens is 1. The number of fused-ring (bicyclic) bond motifs is 1. The summed E-state index contributed by atoms with van der Waals surface area (Å²) in [7, 11) is 0. The third kappa shape index (κ3) is 6.86. The first kappa shape index (κ1) is 25.8. The fourth-order valence-corrected chi connectivity index (χ4v) is 4.47. The van der Waals surface area contributed by atoms with Crippen LogP contribution >= 0.6 is 11.3 Å². The largest absolute Gasteiger partial charge is 0.468 e. The Morgan fingerprint density at radius 3 is 2.82 bits per heavy atom. The minimum absolute atomic E-state index is 0.0878. The number of carbonyl (C=O) groups is 1. The Bertz CT molecular complexity index is 1180. The monoisotopic (exact) mass is 489 g/mol. The summed E-state index contributed by atoms with van der Waals surface area (Å²) < 4.78 is 16.3. The number of aromatic amines is 1. The van der Waals surface area contributed by atoms with Gasteiger partial charge >= 0.3 is 5.97 Å². The van der Waals surface area contributed by atoms with E-state index in [2.05, 4.69) is 16.5 Å². The molecule has 0 amide bonds. The summed E-state index contributed by atoms with van der Waals surface area (Å²) in [5.74, 6) is 0.620. The molecule has 0 saturated carbocycles. The summed E-state index contributed by atoms with van der Waals surface area (Å²) in [6.45, 7) is 12.2. The van der Waals surface area contributed by atoms with Crippen molar-refractivity contribution >= 4 is 27.5 Å². The van der Waals surface area contributed by atoms with Gasteiger partial charge in [-0.2, -0.15) is 0 Å². The number of aliphatic hydroxyl groups is 1. The van der Waals surface area contributed by atoms with Gasteiger partial charge in [-0.15, -0.1) is 11.3 Å². The Balaban J connectivity index is 1.83. The molecule has 3 aromatic heterocycles. The number of hydrogen-bond donors (Lipinski definition) is 2. The molecule has 0 aliphatic rings. The van der Waals surface area contributed by atoms with Crippen LogP contribution < -0.4 is 5.56 Å². The number of furan rings is 1. The number of ether oxygens (including phenoxy) is 2. The molecule has 1 atom stereocenters. The van der Waals surface area contributed by atoms with E-state index in [1.807, 2.05) is 31.7 Å². The number of aryl methyl sites for hydroxylation is 1. The highest BCUT2D eigenvalue weighted by atomic mass is 32.1. The van der Waals surface area contributed by atoms with Gasteiger partial charge in [0, 0.05) is 6.54 Å². The van der Waals surface area contributed by atoms with E-state index >= 15 is 0 Å². The van der Waals surface area contributed by atoms with Crippen LogP contribution in [0.1, 0.15) is 47.6 Å². The summed E-state index contributed by atoms with van der Waals surface area (Å²) >= 11 is 1.12. The predicted molar refractivity (Wildman–Crippen MR) is 130 cm³/mol. The first-order chi connectivity index (χ1) is 16.1. The van der Waals surface area contributed by atoms with Crippen LogP contribution in [0.15, 0.2) is 40.3 Å². The molecule has 184 valence electrons. The van der Waals surface area contributed by atoms with Crippen molar-refractivity contribution < 1.29 is 23.8 Å². The highest BCUT2D eigenvalue weighted by molar-refractivity contribution is 7.20. The molecule has 0 spiro atoms. The van der Waals surface area contributed by atoms with Crippen molar-refractivity contribution in [1.82, 2.24) is 14.9 Å². The lowest BCUT2D eigenvalue weighted by Crippen LogP contribution is -2.37. The number of aromatic nitrogens is 2. The fraction of sp³-hybridized carbons (Fsp3) is 0.458. The molecular formula is C24H31N3O6S. The highest BCUT2D eigenvalue weighted by Gasteiger charge is 2.22. The molecule has 2 N–H and O–H groups in total. The molecule has 0 saturated heterocycles. The summed E-state index contributed by atoms with van der Waals surface area (Å²) in [5.41, 5.74) is -0.158. The van der Waals surface area contributed by atoms with Gasteiger partial charge in [-0.05, 0) is 45.4 Å². The first-order valence-electron chi connectivity index (χ1n) is 10.9. The van der Waals surface area contributed by atoms with E-state index in [0.29, 0.717) is 38.8 Å². The number of nitrogens with one attached hydrogen (secondary N) is 1. The standard InChI is InChI=1S/C24H31N3O6S/c1-6-9-32-23(30)20-15(2)19-21(29)25-18(26-22(19)34-20)13-27(12-17-8-7-10-31-17)11-16(28)14-33-24(3,4)5/h6-8,10,16,28H,1,9,11-14H2,2-5H3,(H,25,26,29)/t16-/m1/s1. The van der Waals surface area contributed by atoms with Crippen molar-refractivity contribution in [2.75, 3.05) is 19.8 Å². The van der Waals surface area contributed by atoms with Gasteiger partial charge in [0.2, 0.25) is 0 Å². The van der Waals surface area contributed by atoms with Crippen molar-refractivity contribution in [3.05, 3.63) is 63.4 Å². The van der Waals surface area contributed by atoms with Gasteiger partial charge < -0.3 is 24.0 Å². The summed E-state index contributed by atoms with van der Waals surface area (Å²) in [6.07, 6.45) is 2.32. The van der Waals surface area contributed by atoms with E-state index in [9.17, 15) is 14.7 Å². The summed E-state index contributed by atoms with van der Waals surface area (Å²) in [6, 6.07) is 3.63. The zero-order valence-electron chi connectivity index (χ0n) is 19.9. The lowest BCUT2D eigenvalue weighted by Gasteiger charge is -2.26. The van der Waals surface area contributed by atoms with Crippen LogP contribution in [-0.2, 0) is 22.6 Å². The second-order valence-electron chi connectivity index (χ2n) is 8.96.